The number of aromatic amines is 1. The molecule has 1 fully saturated rings. The number of H-pyrrole nitrogens is 1. The third kappa shape index (κ3) is 2.69. The zero-order valence-corrected chi connectivity index (χ0v) is 11.3. The molecule has 1 aromatic heterocycles. The van der Waals surface area contributed by atoms with Crippen LogP contribution < -0.4 is 4.72 Å². The Bertz CT molecular complexity index is 505. The molecule has 2 rings (SSSR count). The van der Waals surface area contributed by atoms with Crippen LogP contribution in [0.1, 0.15) is 38.8 Å². The van der Waals surface area contributed by atoms with Crippen LogP contribution in [0.15, 0.2) is 11.1 Å². The molecule has 0 amide bonds. The average molecular weight is 257 g/mol. The summed E-state index contributed by atoms with van der Waals surface area (Å²) in [6.07, 6.45) is 4.22. The molecule has 0 radical (unpaired) electrons. The number of aryl methyl sites for hydroxylation is 1. The van der Waals surface area contributed by atoms with Gasteiger partial charge in [-0.25, -0.2) is 13.1 Å². The summed E-state index contributed by atoms with van der Waals surface area (Å²) in [5.74, 6) is 0. The van der Waals surface area contributed by atoms with E-state index in [9.17, 15) is 8.42 Å². The molecule has 1 aliphatic rings. The largest absolute Gasteiger partial charge is 0.281 e. The van der Waals surface area contributed by atoms with Gasteiger partial charge in [0.25, 0.3) is 0 Å². The van der Waals surface area contributed by atoms with E-state index in [0.29, 0.717) is 5.69 Å². The van der Waals surface area contributed by atoms with Crippen molar-refractivity contribution in [1.82, 2.24) is 14.9 Å². The summed E-state index contributed by atoms with van der Waals surface area (Å²) < 4.78 is 27.0. The van der Waals surface area contributed by atoms with Gasteiger partial charge in [0, 0.05) is 6.04 Å². The van der Waals surface area contributed by atoms with Gasteiger partial charge in [-0.15, -0.1) is 0 Å². The molecule has 1 heterocycles. The third-order valence-corrected chi connectivity index (χ3v) is 5.00. The highest BCUT2D eigenvalue weighted by Crippen LogP contribution is 2.37. The Balaban J connectivity index is 2.12. The van der Waals surface area contributed by atoms with Gasteiger partial charge in [0.1, 0.15) is 4.90 Å². The van der Waals surface area contributed by atoms with Gasteiger partial charge in [0.05, 0.1) is 11.9 Å². The number of rotatable bonds is 3. The molecule has 1 saturated carbocycles. The van der Waals surface area contributed by atoms with Crippen LogP contribution >= 0.6 is 0 Å². The second-order valence-corrected chi connectivity index (χ2v) is 7.27. The van der Waals surface area contributed by atoms with E-state index in [1.807, 2.05) is 0 Å². The Kier molecular flexibility index (Phi) is 3.03. The molecule has 0 spiro atoms. The highest BCUT2D eigenvalue weighted by atomic mass is 32.2. The smallest absolute Gasteiger partial charge is 0.244 e. The number of nitrogens with zero attached hydrogens (tertiary/aromatic N) is 1. The molecule has 2 N–H and O–H groups in total. The first-order valence-corrected chi connectivity index (χ1v) is 7.31. The van der Waals surface area contributed by atoms with Crippen LogP contribution in [0.5, 0.6) is 0 Å². The first-order chi connectivity index (χ1) is 7.80. The van der Waals surface area contributed by atoms with Crippen molar-refractivity contribution in [2.24, 2.45) is 5.41 Å². The molecule has 1 atom stereocenters. The average Bonchev–Trinajstić information content (AvgIpc) is 2.72. The molecule has 0 bridgehead atoms. The lowest BCUT2D eigenvalue weighted by Gasteiger charge is -2.17. The summed E-state index contributed by atoms with van der Waals surface area (Å²) in [6.45, 7) is 6.05. The number of sulfonamides is 1. The van der Waals surface area contributed by atoms with Crippen LogP contribution in [0.4, 0.5) is 0 Å². The summed E-state index contributed by atoms with van der Waals surface area (Å²) in [5, 5.41) is 6.39. The zero-order chi connectivity index (χ0) is 12.7. The molecule has 17 heavy (non-hydrogen) atoms. The van der Waals surface area contributed by atoms with Gasteiger partial charge in [-0.3, -0.25) is 5.10 Å². The SMILES string of the molecule is Cc1[nH]ncc1S(=O)(=O)NC1CCC(C)(C)C1. The van der Waals surface area contributed by atoms with Crippen molar-refractivity contribution in [3.63, 3.8) is 0 Å². The van der Waals surface area contributed by atoms with E-state index in [-0.39, 0.29) is 16.4 Å². The minimum Gasteiger partial charge on any atom is -0.281 e. The summed E-state index contributed by atoms with van der Waals surface area (Å²) in [5.41, 5.74) is 0.813. The number of hydrogen-bond donors (Lipinski definition) is 2. The van der Waals surface area contributed by atoms with Crippen molar-refractivity contribution in [2.75, 3.05) is 0 Å². The molecule has 1 unspecified atom stereocenters. The van der Waals surface area contributed by atoms with Gasteiger partial charge < -0.3 is 0 Å². The van der Waals surface area contributed by atoms with Crippen molar-refractivity contribution in [3.05, 3.63) is 11.9 Å². The summed E-state index contributed by atoms with van der Waals surface area (Å²) in [7, 11) is -3.42. The van der Waals surface area contributed by atoms with Crippen LogP contribution in [0.2, 0.25) is 0 Å². The molecule has 0 aromatic carbocycles. The van der Waals surface area contributed by atoms with Gasteiger partial charge in [-0.2, -0.15) is 5.10 Å². The van der Waals surface area contributed by atoms with E-state index in [2.05, 4.69) is 28.8 Å². The summed E-state index contributed by atoms with van der Waals surface area (Å²) >= 11 is 0. The van der Waals surface area contributed by atoms with Crippen LogP contribution in [0.25, 0.3) is 0 Å². The second-order valence-electron chi connectivity index (χ2n) is 5.58. The maximum absolute atomic E-state index is 12.1. The second kappa shape index (κ2) is 4.10. The Morgan fingerprint density at radius 1 is 1.53 bits per heavy atom. The van der Waals surface area contributed by atoms with E-state index >= 15 is 0 Å². The molecule has 5 nitrogen and oxygen atoms in total. The molecule has 1 aliphatic carbocycles. The maximum atomic E-state index is 12.1. The van der Waals surface area contributed by atoms with Crippen molar-refractivity contribution < 1.29 is 8.42 Å². The lowest BCUT2D eigenvalue weighted by atomic mass is 9.92. The lowest BCUT2D eigenvalue weighted by molar-refractivity contribution is 0.372. The lowest BCUT2D eigenvalue weighted by Crippen LogP contribution is -2.33. The van der Waals surface area contributed by atoms with E-state index in [4.69, 9.17) is 0 Å². The molecule has 1 aromatic rings. The van der Waals surface area contributed by atoms with Gasteiger partial charge in [0.15, 0.2) is 0 Å². The zero-order valence-electron chi connectivity index (χ0n) is 10.4. The predicted molar refractivity (Wildman–Crippen MR) is 65.1 cm³/mol. The van der Waals surface area contributed by atoms with Crippen molar-refractivity contribution in [2.45, 2.75) is 51.0 Å². The van der Waals surface area contributed by atoms with Crippen LogP contribution in [-0.4, -0.2) is 24.7 Å². The fourth-order valence-corrected chi connectivity index (χ4v) is 3.84. The highest BCUT2D eigenvalue weighted by molar-refractivity contribution is 7.89. The van der Waals surface area contributed by atoms with Crippen LogP contribution in [0, 0.1) is 12.3 Å². The summed E-state index contributed by atoms with van der Waals surface area (Å²) in [6, 6.07) is 0.0456. The Labute approximate surface area is 102 Å². The number of nitrogens with one attached hydrogen (secondary N) is 2. The van der Waals surface area contributed by atoms with Crippen molar-refractivity contribution >= 4 is 10.0 Å². The van der Waals surface area contributed by atoms with E-state index in [1.54, 1.807) is 6.92 Å². The van der Waals surface area contributed by atoms with Crippen LogP contribution in [0.3, 0.4) is 0 Å². The van der Waals surface area contributed by atoms with Crippen LogP contribution in [-0.2, 0) is 10.0 Å². The molecule has 0 aliphatic heterocycles. The Hall–Kier alpha value is -0.880. The quantitative estimate of drug-likeness (QED) is 0.863. The molecule has 96 valence electrons. The topological polar surface area (TPSA) is 74.8 Å². The maximum Gasteiger partial charge on any atom is 0.244 e. The Morgan fingerprint density at radius 2 is 2.24 bits per heavy atom. The number of aromatic nitrogens is 2. The molecule has 6 heteroatoms. The van der Waals surface area contributed by atoms with E-state index in [0.717, 1.165) is 19.3 Å². The molecular formula is C11H19N3O2S. The minimum absolute atomic E-state index is 0.0456. The van der Waals surface area contributed by atoms with Gasteiger partial charge in [0.2, 0.25) is 10.0 Å². The highest BCUT2D eigenvalue weighted by Gasteiger charge is 2.34. The monoisotopic (exact) mass is 257 g/mol. The van der Waals surface area contributed by atoms with Gasteiger partial charge >= 0.3 is 0 Å². The van der Waals surface area contributed by atoms with E-state index in [1.165, 1.54) is 6.20 Å². The number of hydrogen-bond acceptors (Lipinski definition) is 3. The molecular weight excluding hydrogens is 238 g/mol. The first-order valence-electron chi connectivity index (χ1n) is 5.82. The van der Waals surface area contributed by atoms with Crippen molar-refractivity contribution in [1.29, 1.82) is 0 Å². The van der Waals surface area contributed by atoms with E-state index < -0.39 is 10.0 Å². The molecule has 0 saturated heterocycles. The fourth-order valence-electron chi connectivity index (χ4n) is 2.43. The van der Waals surface area contributed by atoms with Gasteiger partial charge in [-0.05, 0) is 31.6 Å². The fraction of sp³-hybridized carbons (Fsp3) is 0.727. The normalized spacial score (nSPS) is 24.1. The predicted octanol–water partition coefficient (Wildman–Crippen LogP) is 1.58. The van der Waals surface area contributed by atoms with Gasteiger partial charge in [-0.1, -0.05) is 13.8 Å². The standard InChI is InChI=1S/C11H19N3O2S/c1-8-10(7-12-13-8)17(15,16)14-9-4-5-11(2,3)6-9/h7,9,14H,4-6H2,1-3H3,(H,12,13). The third-order valence-electron chi connectivity index (χ3n) is 3.36. The Morgan fingerprint density at radius 3 is 2.71 bits per heavy atom. The minimum atomic E-state index is -3.42. The first kappa shape index (κ1) is 12.6. The summed E-state index contributed by atoms with van der Waals surface area (Å²) in [4.78, 5) is 0.252. The van der Waals surface area contributed by atoms with Crippen molar-refractivity contribution in [3.8, 4) is 0 Å².